The first-order valence-corrected chi connectivity index (χ1v) is 13.3. The van der Waals surface area contributed by atoms with Gasteiger partial charge in [0.25, 0.3) is 0 Å². The Bertz CT molecular complexity index is 1120. The van der Waals surface area contributed by atoms with Gasteiger partial charge >= 0.3 is 5.97 Å². The molecule has 0 saturated carbocycles. The molecule has 2 aromatic rings. The Morgan fingerprint density at radius 1 is 1.29 bits per heavy atom. The number of nitrogens with two attached hydrogens (primary N) is 1. The lowest BCUT2D eigenvalue weighted by atomic mass is 9.83. The number of hydrogen-bond acceptors (Lipinski definition) is 8. The number of aliphatic carboxylic acids is 1. The molecule has 11 nitrogen and oxygen atoms in total. The molecule has 1 aromatic carbocycles. The van der Waals surface area contributed by atoms with Gasteiger partial charge in [-0.15, -0.1) is 0 Å². The van der Waals surface area contributed by atoms with Crippen molar-refractivity contribution < 1.29 is 28.9 Å². The third kappa shape index (κ3) is 5.88. The minimum absolute atomic E-state index is 0.0288. The maximum Gasteiger partial charge on any atom is 0.308 e. The summed E-state index contributed by atoms with van der Waals surface area (Å²) in [5.74, 6) is 0.424. The number of nitrogens with zero attached hydrogens (tertiary/aromatic N) is 4. The van der Waals surface area contributed by atoms with Crippen LogP contribution in [0.5, 0.6) is 17.2 Å². The van der Waals surface area contributed by atoms with Gasteiger partial charge in [-0.25, -0.2) is 4.98 Å². The second kappa shape index (κ2) is 12.5. The first-order chi connectivity index (χ1) is 18.4. The van der Waals surface area contributed by atoms with Crippen molar-refractivity contribution in [2.24, 2.45) is 18.7 Å². The second-order valence-electron chi connectivity index (χ2n) is 9.94. The normalized spacial score (nSPS) is 20.6. The summed E-state index contributed by atoms with van der Waals surface area (Å²) in [6.07, 6.45) is 6.63. The second-order valence-corrected chi connectivity index (χ2v) is 9.94. The molecule has 0 bridgehead atoms. The van der Waals surface area contributed by atoms with Crippen LogP contribution in [0, 0.1) is 5.92 Å². The largest absolute Gasteiger partial charge is 0.493 e. The van der Waals surface area contributed by atoms with E-state index in [1.165, 1.54) is 0 Å². The first kappa shape index (κ1) is 27.7. The molecule has 3 atom stereocenters. The fourth-order valence-electron chi connectivity index (χ4n) is 5.61. The van der Waals surface area contributed by atoms with Gasteiger partial charge in [-0.2, -0.15) is 0 Å². The highest BCUT2D eigenvalue weighted by Gasteiger charge is 2.47. The van der Waals surface area contributed by atoms with Crippen molar-refractivity contribution in [3.63, 3.8) is 0 Å². The van der Waals surface area contributed by atoms with Gasteiger partial charge in [0.2, 0.25) is 18.4 Å². The van der Waals surface area contributed by atoms with Crippen LogP contribution in [-0.4, -0.2) is 89.0 Å². The molecule has 4 rings (SSSR count). The van der Waals surface area contributed by atoms with Gasteiger partial charge in [0, 0.05) is 64.0 Å². The minimum atomic E-state index is -0.892. The van der Waals surface area contributed by atoms with Crippen LogP contribution in [0.25, 0.3) is 0 Å². The highest BCUT2D eigenvalue weighted by molar-refractivity contribution is 5.79. The molecule has 208 valence electrons. The number of carbonyl (C=O) groups is 2. The molecule has 3 heterocycles. The molecule has 0 unspecified atom stereocenters. The number of unbranched alkanes of at least 4 members (excludes halogenated alkanes) is 1. The number of carboxylic acids is 1. The molecule has 38 heavy (non-hydrogen) atoms. The average molecular weight is 530 g/mol. The van der Waals surface area contributed by atoms with E-state index in [1.807, 2.05) is 34.8 Å². The van der Waals surface area contributed by atoms with Gasteiger partial charge in [0.1, 0.15) is 5.82 Å². The third-order valence-corrected chi connectivity index (χ3v) is 7.60. The van der Waals surface area contributed by atoms with Gasteiger partial charge in [-0.3, -0.25) is 14.5 Å². The summed E-state index contributed by atoms with van der Waals surface area (Å²) in [7, 11) is 3.47. The monoisotopic (exact) mass is 529 g/mol. The van der Waals surface area contributed by atoms with Gasteiger partial charge in [-0.1, -0.05) is 13.3 Å². The molecule has 1 saturated heterocycles. The van der Waals surface area contributed by atoms with E-state index in [2.05, 4.69) is 11.9 Å². The van der Waals surface area contributed by atoms with E-state index in [-0.39, 0.29) is 31.2 Å². The lowest BCUT2D eigenvalue weighted by Gasteiger charge is -2.29. The number of amides is 1. The Morgan fingerprint density at radius 3 is 2.76 bits per heavy atom. The predicted molar refractivity (Wildman–Crippen MR) is 140 cm³/mol. The van der Waals surface area contributed by atoms with E-state index < -0.39 is 11.9 Å². The lowest BCUT2D eigenvalue weighted by molar-refractivity contribution is -0.143. The molecule has 0 aliphatic carbocycles. The number of aryl methyl sites for hydroxylation is 2. The van der Waals surface area contributed by atoms with E-state index in [1.54, 1.807) is 18.2 Å². The molecular weight excluding hydrogens is 490 g/mol. The quantitative estimate of drug-likeness (QED) is 0.399. The van der Waals surface area contributed by atoms with Crippen molar-refractivity contribution in [2.45, 2.75) is 44.6 Å². The Kier molecular flexibility index (Phi) is 9.11. The number of methoxy groups -OCH3 is 1. The Labute approximate surface area is 223 Å². The summed E-state index contributed by atoms with van der Waals surface area (Å²) in [4.78, 5) is 34.4. The van der Waals surface area contributed by atoms with Crippen molar-refractivity contribution in [1.82, 2.24) is 19.4 Å². The Balaban J connectivity index is 1.65. The topological polar surface area (TPSA) is 132 Å². The number of imidazole rings is 1. The van der Waals surface area contributed by atoms with E-state index in [9.17, 15) is 14.7 Å². The van der Waals surface area contributed by atoms with Crippen LogP contribution in [0.15, 0.2) is 24.5 Å². The lowest BCUT2D eigenvalue weighted by Crippen LogP contribution is -2.45. The number of hydrogen-bond donors (Lipinski definition) is 2. The molecule has 1 fully saturated rings. The number of fused-ring (bicyclic) bond motifs is 1. The molecule has 2 aliphatic heterocycles. The third-order valence-electron chi connectivity index (χ3n) is 7.60. The number of ether oxygens (including phenoxy) is 3. The smallest absolute Gasteiger partial charge is 0.308 e. The highest BCUT2D eigenvalue weighted by Crippen LogP contribution is 2.47. The zero-order valence-electron chi connectivity index (χ0n) is 22.5. The number of benzene rings is 1. The Morgan fingerprint density at radius 2 is 2.11 bits per heavy atom. The van der Waals surface area contributed by atoms with Gasteiger partial charge < -0.3 is 34.5 Å². The summed E-state index contributed by atoms with van der Waals surface area (Å²) < 4.78 is 18.6. The summed E-state index contributed by atoms with van der Waals surface area (Å²) >= 11 is 0. The number of carbonyl (C=O) groups excluding carboxylic acids is 1. The fraction of sp³-hybridized carbons (Fsp3) is 0.593. The van der Waals surface area contributed by atoms with Crippen LogP contribution in [0.2, 0.25) is 0 Å². The van der Waals surface area contributed by atoms with Crippen molar-refractivity contribution in [3.8, 4) is 17.2 Å². The summed E-state index contributed by atoms with van der Waals surface area (Å²) in [5, 5.41) is 10.5. The van der Waals surface area contributed by atoms with Crippen molar-refractivity contribution in [2.75, 3.05) is 46.6 Å². The van der Waals surface area contributed by atoms with Crippen molar-refractivity contribution in [1.29, 1.82) is 0 Å². The molecule has 3 N–H and O–H groups in total. The predicted octanol–water partition coefficient (Wildman–Crippen LogP) is 1.85. The van der Waals surface area contributed by atoms with Crippen molar-refractivity contribution in [3.05, 3.63) is 35.9 Å². The molecular formula is C27H39N5O6. The summed E-state index contributed by atoms with van der Waals surface area (Å²) in [5.41, 5.74) is 6.59. The zero-order chi connectivity index (χ0) is 27.2. The van der Waals surface area contributed by atoms with Crippen LogP contribution >= 0.6 is 0 Å². The first-order valence-electron chi connectivity index (χ1n) is 13.3. The summed E-state index contributed by atoms with van der Waals surface area (Å²) in [6, 6.07) is 3.31. The molecule has 2 aliphatic rings. The molecule has 1 amide bonds. The van der Waals surface area contributed by atoms with E-state index in [0.717, 1.165) is 24.2 Å². The number of likely N-dealkylation sites (tertiary alicyclic amines) is 1. The molecule has 0 spiro atoms. The van der Waals surface area contributed by atoms with Crippen LogP contribution in [0.1, 0.15) is 43.5 Å². The fourth-order valence-corrected chi connectivity index (χ4v) is 5.61. The molecule has 0 radical (unpaired) electrons. The summed E-state index contributed by atoms with van der Waals surface area (Å²) in [6.45, 7) is 4.23. The molecule has 1 aromatic heterocycles. The number of aromatic nitrogens is 2. The zero-order valence-corrected chi connectivity index (χ0v) is 22.5. The SMILES string of the molecule is CCCCN(CCN)C(=O)CN1C[C@H](c2cc(OC)c3c(c2)OCO3)[C@@H](C(=O)O)[C@@H]1CCc1nccn1C. The van der Waals surface area contributed by atoms with Gasteiger partial charge in [0.05, 0.1) is 19.6 Å². The average Bonchev–Trinajstić information content (AvgIpc) is 3.63. The van der Waals surface area contributed by atoms with Crippen LogP contribution in [0.4, 0.5) is 0 Å². The van der Waals surface area contributed by atoms with E-state index in [0.29, 0.717) is 56.3 Å². The van der Waals surface area contributed by atoms with Crippen LogP contribution < -0.4 is 19.9 Å². The molecule has 11 heteroatoms. The van der Waals surface area contributed by atoms with Gasteiger partial charge in [0.15, 0.2) is 11.5 Å². The standard InChI is InChI=1S/C27H39N5O6/c1-4-5-10-31(11-8-28)24(33)16-32-15-19(18-13-21(36-3)26-22(14-18)37-17-38-26)25(27(34)35)20(32)6-7-23-29-9-12-30(23)2/h9,12-14,19-20,25H,4-8,10-11,15-17,28H2,1-3H3,(H,34,35)/t19-,20+,25-/m1/s1. The van der Waals surface area contributed by atoms with E-state index >= 15 is 0 Å². The van der Waals surface area contributed by atoms with Crippen LogP contribution in [0.3, 0.4) is 0 Å². The minimum Gasteiger partial charge on any atom is -0.493 e. The maximum atomic E-state index is 13.4. The van der Waals surface area contributed by atoms with Crippen molar-refractivity contribution >= 4 is 11.9 Å². The highest BCUT2D eigenvalue weighted by atomic mass is 16.7. The Hall–Kier alpha value is -3.31. The maximum absolute atomic E-state index is 13.4. The van der Waals surface area contributed by atoms with E-state index in [4.69, 9.17) is 19.9 Å². The van der Waals surface area contributed by atoms with Crippen LogP contribution in [-0.2, 0) is 23.1 Å². The van der Waals surface area contributed by atoms with Gasteiger partial charge in [-0.05, 0) is 30.5 Å². The number of carboxylic acid groups (broad SMARTS) is 1. The number of rotatable bonds is 13.